The van der Waals surface area contributed by atoms with Crippen LogP contribution >= 0.6 is 93.9 Å². The molecule has 0 spiro atoms. The molecule has 0 radical (unpaired) electrons. The quantitative estimate of drug-likeness (QED) is 0.0152. The van der Waals surface area contributed by atoms with Gasteiger partial charge in [-0.05, 0) is 73.7 Å². The number of alkyl halides is 1. The summed E-state index contributed by atoms with van der Waals surface area (Å²) in [5.41, 5.74) is 17.5. The average Bonchev–Trinajstić information content (AvgIpc) is 1.59. The van der Waals surface area contributed by atoms with E-state index in [0.717, 1.165) is 10.8 Å². The number of nitriles is 2. The Balaban J connectivity index is 0.000000197. The third-order valence-corrected chi connectivity index (χ3v) is 32.9. The molecule has 4 aliphatic heterocycles. The van der Waals surface area contributed by atoms with E-state index >= 15 is 4.39 Å². The van der Waals surface area contributed by atoms with E-state index < -0.39 is 216 Å². The van der Waals surface area contributed by atoms with Crippen molar-refractivity contribution in [2.45, 2.75) is 103 Å². The number of phosphoric ester groups is 4. The number of fused-ring (bicyclic) bond motifs is 4. The van der Waals surface area contributed by atoms with Crippen LogP contribution in [0.1, 0.15) is 29.7 Å². The van der Waals surface area contributed by atoms with E-state index in [4.69, 9.17) is 102 Å². The average molecular weight is 2110 g/mol. The highest BCUT2D eigenvalue weighted by molar-refractivity contribution is 7.68. The number of rotatable bonds is 32. The van der Waals surface area contributed by atoms with E-state index in [9.17, 15) is 126 Å². The molecule has 12 heterocycles. The van der Waals surface area contributed by atoms with Gasteiger partial charge in [0.1, 0.15) is 96.7 Å². The first-order chi connectivity index (χ1) is 59.9. The van der Waals surface area contributed by atoms with E-state index in [0.29, 0.717) is 27.9 Å². The first-order valence-corrected chi connectivity index (χ1v) is 52.3. The van der Waals surface area contributed by atoms with Crippen LogP contribution in [0.2, 0.25) is 0 Å². The Morgan fingerprint density at radius 1 is 0.382 bits per heavy atom. The number of aliphatic hydroxyl groups excluding tert-OH is 7. The molecule has 4 saturated heterocycles. The van der Waals surface area contributed by atoms with Crippen molar-refractivity contribution in [1.82, 2.24) is 43.4 Å². The molecule has 131 heavy (non-hydrogen) atoms. The molecule has 0 bridgehead atoms. The predicted molar refractivity (Wildman–Crippen MR) is 414 cm³/mol. The fourth-order valence-corrected chi connectivity index (χ4v) is 24.6. The van der Waals surface area contributed by atoms with Gasteiger partial charge in [0.25, 0.3) is 0 Å². The first-order valence-electron chi connectivity index (χ1n) is 34.2. The Bertz CT molecular complexity index is 5920. The number of hydrogen-bond acceptors (Lipinski definition) is 46. The van der Waals surface area contributed by atoms with Gasteiger partial charge >= 0.3 is 93.9 Å². The summed E-state index contributed by atoms with van der Waals surface area (Å²) in [5, 5.41) is 108. The van der Waals surface area contributed by atoms with Gasteiger partial charge in [0.15, 0.2) is 17.6 Å². The van der Waals surface area contributed by atoms with Crippen molar-refractivity contribution >= 4 is 139 Å². The Labute approximate surface area is 725 Å². The van der Waals surface area contributed by atoms with Crippen molar-refractivity contribution in [3.8, 4) is 24.5 Å². The molecule has 4 aliphatic rings. The maximum absolute atomic E-state index is 15.1. The lowest BCUT2D eigenvalue weighted by atomic mass is 9.92. The minimum absolute atomic E-state index is 0.0116. The molecule has 0 aromatic carbocycles. The largest absolute Gasteiger partial charge is 0.490 e. The highest BCUT2D eigenvalue weighted by Crippen LogP contribution is 2.70. The second-order valence-corrected chi connectivity index (χ2v) is 44.3. The molecule has 0 amide bonds. The van der Waals surface area contributed by atoms with Gasteiger partial charge in [-0.1, -0.05) is 5.92 Å². The van der Waals surface area contributed by atoms with Crippen LogP contribution < -0.4 is 22.9 Å². The van der Waals surface area contributed by atoms with Gasteiger partial charge in [-0.15, -0.1) is 6.42 Å². The lowest BCUT2D eigenvalue weighted by Crippen LogP contribution is -2.41. The number of nitrogen functional groups attached to an aromatic ring is 4. The zero-order valence-electron chi connectivity index (χ0n) is 64.2. The number of nitrogens with zero attached hydrogens (tertiary/aromatic N) is 11. The zero-order chi connectivity index (χ0) is 98.6. The van der Waals surface area contributed by atoms with Gasteiger partial charge in [0, 0.05) is 18.6 Å². The van der Waals surface area contributed by atoms with Crippen molar-refractivity contribution in [3.63, 3.8) is 0 Å². The summed E-state index contributed by atoms with van der Waals surface area (Å²) in [4.78, 5) is 147. The van der Waals surface area contributed by atoms with Gasteiger partial charge in [-0.2, -0.15) is 65.4 Å². The van der Waals surface area contributed by atoms with Crippen LogP contribution in [0.5, 0.6) is 0 Å². The topological polar surface area (TPSA) is 1050 Å². The number of terminal acetylenes is 1. The Morgan fingerprint density at radius 3 is 1.00 bits per heavy atom. The zero-order valence-corrected chi connectivity index (χ0v) is 74.9. The first kappa shape index (κ1) is 108. The number of aliphatic hydroxyl groups is 7. The lowest BCUT2D eigenvalue weighted by molar-refractivity contribution is -0.0882. The molecule has 8 aromatic rings. The van der Waals surface area contributed by atoms with E-state index in [1.807, 2.05) is 0 Å². The Morgan fingerprint density at radius 2 is 0.656 bits per heavy atom. The Kier molecular flexibility index (Phi) is 32.7. The predicted octanol–water partition coefficient (Wildman–Crippen LogP) is -2.62. The highest BCUT2D eigenvalue weighted by Gasteiger charge is 2.62. The van der Waals surface area contributed by atoms with E-state index in [-0.39, 0.29) is 39.8 Å². The number of hydrogen-bond donors (Lipinski definition) is 27. The lowest BCUT2D eigenvalue weighted by Gasteiger charge is -2.27. The molecule has 4 fully saturated rings. The summed E-state index contributed by atoms with van der Waals surface area (Å²) in [6, 6.07) is 19.3. The summed E-state index contributed by atoms with van der Waals surface area (Å²) in [7, 11) is -67.3. The SMILES string of the molecule is C#C[C@@]1(c2ccc3c(N)ccnn23)O[C@H](COP(=O)(O)OP(=O)(O)OP(=O)(O)O)[C@@H](O)[C@H]1O.C[C@@]1(c2ccc3c(N)ccnn23)O[C@H](COP(=O)(O)OP(=O)(O)OP(=O)(O)O)[C@@H](O)[C@H]1O.N#C[C@@]1(c2ccc3c(N)ccnn23)O[C@H](COP(=O)(O)OP(=O)(O)OP(=O)(O)O)[C@@H](O)[C@H]1O.N#C[C@@]1(c2ccc3c(N)ncnn23)O[C@H](COP(=O)(O)OP(=O)(O)OP(=O)(O)O)[C@@H](O)[C@H]1F. The van der Waals surface area contributed by atoms with Crippen molar-refractivity contribution in [2.24, 2.45) is 0 Å². The summed E-state index contributed by atoms with van der Waals surface area (Å²) in [6.07, 6.45) is -11.0. The molecular weight excluding hydrogens is 2040 g/mol. The fraction of sp³-hybridized carbons (Fsp3) is 0.404. The molecule has 31 N–H and O–H groups in total. The smallest absolute Gasteiger partial charge is 0.397 e. The number of ether oxygens (including phenoxy) is 4. The van der Waals surface area contributed by atoms with Crippen LogP contribution in [0.4, 0.5) is 27.3 Å². The molecule has 0 aliphatic carbocycles. The van der Waals surface area contributed by atoms with Crippen LogP contribution in [0.25, 0.3) is 22.1 Å². The van der Waals surface area contributed by atoms with Gasteiger partial charge in [0.2, 0.25) is 11.2 Å². The second-order valence-electron chi connectivity index (χ2n) is 26.6. The number of nitrogens with two attached hydrogens (primary N) is 4. The number of aromatic nitrogens is 9. The summed E-state index contributed by atoms with van der Waals surface area (Å²) in [5.74, 6) is 2.21. The molecule has 726 valence electrons. The van der Waals surface area contributed by atoms with E-state index in [1.165, 1.54) is 87.6 Å². The van der Waals surface area contributed by atoms with Crippen LogP contribution in [-0.2, 0) is 149 Å². The van der Waals surface area contributed by atoms with Crippen LogP contribution in [-0.4, -0.2) is 257 Å². The molecule has 66 nitrogen and oxygen atoms in total. The number of anilines is 4. The van der Waals surface area contributed by atoms with Crippen LogP contribution in [0, 0.1) is 35.0 Å². The van der Waals surface area contributed by atoms with Crippen molar-refractivity contribution in [3.05, 3.63) is 114 Å². The van der Waals surface area contributed by atoms with E-state index in [1.54, 1.807) is 30.3 Å². The summed E-state index contributed by atoms with van der Waals surface area (Å²) < 4.78 is 224. The van der Waals surface area contributed by atoms with Crippen LogP contribution in [0.3, 0.4) is 0 Å². The van der Waals surface area contributed by atoms with Gasteiger partial charge < -0.3 is 156 Å². The van der Waals surface area contributed by atoms with Gasteiger partial charge in [0.05, 0.1) is 82.8 Å². The summed E-state index contributed by atoms with van der Waals surface area (Å²) >= 11 is 0. The van der Waals surface area contributed by atoms with Crippen molar-refractivity contribution in [2.75, 3.05) is 49.4 Å². The van der Waals surface area contributed by atoms with Gasteiger partial charge in [-0.25, -0.2) is 82.2 Å². The normalized spacial score (nSPS) is 29.6. The Hall–Kier alpha value is -6.44. The molecular formula is C52H70FN15O51P12. The van der Waals surface area contributed by atoms with Gasteiger partial charge in [-0.3, -0.25) is 18.1 Å². The monoisotopic (exact) mass is 2110 g/mol. The maximum Gasteiger partial charge on any atom is 0.490 e. The third kappa shape index (κ3) is 25.7. The molecule has 12 rings (SSSR count). The van der Waals surface area contributed by atoms with Crippen LogP contribution in [0.15, 0.2) is 91.6 Å². The molecule has 8 unspecified atom stereocenters. The highest BCUT2D eigenvalue weighted by atomic mass is 31.3. The number of halogens is 1. The number of phosphoric acid groups is 12. The minimum atomic E-state index is -5.79. The molecule has 24 atom stereocenters. The van der Waals surface area contributed by atoms with E-state index in [2.05, 4.69) is 83.9 Å². The summed E-state index contributed by atoms with van der Waals surface area (Å²) in [6.45, 7) is -2.79. The minimum Gasteiger partial charge on any atom is -0.397 e. The van der Waals surface area contributed by atoms with Crippen molar-refractivity contribution in [1.29, 1.82) is 10.5 Å². The standard InChI is InChI=1S/C14H18N3O13P3.C13H17N4O13P3.C13H20N3O13P3.C12H15FN5O12P3/c1-2-14(11-4-3-9-8(15)5-6-16-17(9)11)13(19)12(18)10(28-14)7-27-32(23,24)30-33(25,26)29-31(20,21)22;14-6-13(10-2-1-8-7(15)3-4-16-17(8)10)12(19)11(18)9(28-13)5-27-32(23,24)30-33(25,26)29-31(20,21)22;1-13(10-3-2-8-7(14)4-5-15-16(8)10)12(18)11(17)9(27-13)6-26-31(22,23)29-32(24,25)28-30(19,20)21;13-10-9(19)7(3-27-32(23,24)30-33(25,26)29-31(20,21)22)28-12(10,4-14)8-2-1-6-11(15)16-5-17-18(6)8/h1,3-6,10,12-13,18-19H,7,15H2,(H,23,24)(H,25,26)(H2,20,21,22);1-4,9,11-12,18-19H,5,15H2,(H,23,24)(H,25,26)(H2,20,21,22);2-5,9,11-12,17-18H,6,14H2,1H3,(H,22,23)(H,24,25)(H2,19,20,21);1-2,5,7,9-10,19H,3H2,(H,23,24)(H,25,26)(H2,15,16,17)(H2,20,21,22)/t10-,12-,13-,14+;2*9-,11-,12-,13+;7-,9-,10-,12+/m1111/s1. The molecule has 79 heteroatoms. The van der Waals surface area contributed by atoms with Crippen molar-refractivity contribution < 1.29 is 245 Å². The second kappa shape index (κ2) is 39.6. The molecule has 8 aromatic heterocycles. The molecule has 0 saturated carbocycles. The maximum atomic E-state index is 15.1. The third-order valence-electron chi connectivity index (χ3n) is 17.7. The fourth-order valence-electron chi connectivity index (χ4n) is 12.5.